The number of carboxylic acid groups (broad SMARTS) is 1. The summed E-state index contributed by atoms with van der Waals surface area (Å²) < 4.78 is 0. The number of carbonyl (C=O) groups excluding carboxylic acids is 1. The van der Waals surface area contributed by atoms with Crippen LogP contribution in [0, 0.1) is 0 Å². The van der Waals surface area contributed by atoms with Crippen LogP contribution in [0.15, 0.2) is 66.3 Å². The van der Waals surface area contributed by atoms with Crippen molar-refractivity contribution in [1.82, 2.24) is 0 Å². The Morgan fingerprint density at radius 1 is 1.07 bits per heavy atom. The minimum atomic E-state index is -0.987. The van der Waals surface area contributed by atoms with Gasteiger partial charge in [0.25, 0.3) is 0 Å². The van der Waals surface area contributed by atoms with Crippen molar-refractivity contribution in [2.75, 3.05) is 5.32 Å². The van der Waals surface area contributed by atoms with Crippen molar-refractivity contribution < 1.29 is 14.7 Å². The fourth-order valence-corrected chi connectivity index (χ4v) is 2.60. The number of benzene rings is 2. The minimum Gasteiger partial charge on any atom is -0.478 e. The van der Waals surface area contributed by atoms with Gasteiger partial charge in [-0.05, 0) is 61.6 Å². The van der Waals surface area contributed by atoms with E-state index in [2.05, 4.69) is 11.4 Å². The summed E-state index contributed by atoms with van der Waals surface area (Å²) in [5.74, 6) is -1.02. The highest BCUT2D eigenvalue weighted by atomic mass is 16.4. The molecular weight excluding hydrogens is 338 g/mol. The van der Waals surface area contributed by atoms with E-state index >= 15 is 0 Å². The number of aryl methyl sites for hydroxylation is 1. The lowest BCUT2D eigenvalue weighted by Crippen LogP contribution is -2.13. The molecule has 0 fully saturated rings. The first-order chi connectivity index (χ1) is 12.9. The van der Waals surface area contributed by atoms with Gasteiger partial charge in [0.05, 0.1) is 0 Å². The van der Waals surface area contributed by atoms with E-state index in [0.717, 1.165) is 28.5 Å². The molecule has 2 aromatic carbocycles. The highest BCUT2D eigenvalue weighted by Crippen LogP contribution is 2.21. The molecule has 0 bridgehead atoms. The van der Waals surface area contributed by atoms with Crippen LogP contribution in [0.5, 0.6) is 0 Å². The van der Waals surface area contributed by atoms with E-state index in [4.69, 9.17) is 5.11 Å². The topological polar surface area (TPSA) is 66.4 Å². The van der Waals surface area contributed by atoms with Gasteiger partial charge in [0.2, 0.25) is 5.91 Å². The number of hydrogen-bond donors (Lipinski definition) is 2. The van der Waals surface area contributed by atoms with E-state index in [9.17, 15) is 9.59 Å². The number of rotatable bonds is 8. The smallest absolute Gasteiger partial charge is 0.328 e. The van der Waals surface area contributed by atoms with Crippen molar-refractivity contribution in [3.8, 4) is 0 Å². The van der Waals surface area contributed by atoms with Crippen LogP contribution < -0.4 is 5.32 Å². The number of anilines is 1. The first kappa shape index (κ1) is 20.2. The maximum Gasteiger partial charge on any atom is 0.328 e. The standard InChI is InChI=1S/C23H25NO3/c1-17(2)8-12-20-16-19(11-15-23(26)27)9-13-21(20)24-22(25)14-10-18-6-4-3-5-7-18/h3-9,11,13,15-16H,10,12,14H2,1-2H3,(H,24,25)(H,26,27)/b15-11+. The number of allylic oxidation sites excluding steroid dienone is 2. The molecule has 27 heavy (non-hydrogen) atoms. The molecule has 0 aliphatic heterocycles. The van der Waals surface area contributed by atoms with Crippen molar-refractivity contribution in [3.05, 3.63) is 82.9 Å². The number of hydrogen-bond acceptors (Lipinski definition) is 2. The van der Waals surface area contributed by atoms with Gasteiger partial charge in [-0.3, -0.25) is 4.79 Å². The molecule has 4 nitrogen and oxygen atoms in total. The average molecular weight is 363 g/mol. The second-order valence-electron chi connectivity index (χ2n) is 6.61. The summed E-state index contributed by atoms with van der Waals surface area (Å²) in [7, 11) is 0. The number of carbonyl (C=O) groups is 2. The monoisotopic (exact) mass is 363 g/mol. The molecule has 0 aromatic heterocycles. The molecule has 140 valence electrons. The Morgan fingerprint density at radius 2 is 1.81 bits per heavy atom. The van der Waals surface area contributed by atoms with Gasteiger partial charge in [-0.25, -0.2) is 4.79 Å². The lowest BCUT2D eigenvalue weighted by molar-refractivity contribution is -0.131. The lowest BCUT2D eigenvalue weighted by atomic mass is 10.0. The summed E-state index contributed by atoms with van der Waals surface area (Å²) >= 11 is 0. The molecular formula is C23H25NO3. The van der Waals surface area contributed by atoms with Crippen LogP contribution in [0.1, 0.15) is 37.0 Å². The molecule has 4 heteroatoms. The Hall–Kier alpha value is -3.14. The molecule has 0 spiro atoms. The third kappa shape index (κ3) is 7.32. The molecule has 2 aromatic rings. The van der Waals surface area contributed by atoms with Gasteiger partial charge in [-0.1, -0.05) is 48.0 Å². The summed E-state index contributed by atoms with van der Waals surface area (Å²) in [6.07, 6.45) is 6.51. The predicted molar refractivity (Wildman–Crippen MR) is 110 cm³/mol. The maximum absolute atomic E-state index is 12.4. The Balaban J connectivity index is 2.11. The van der Waals surface area contributed by atoms with Crippen LogP contribution in [0.25, 0.3) is 6.08 Å². The summed E-state index contributed by atoms with van der Waals surface area (Å²) in [5, 5.41) is 11.8. The zero-order valence-electron chi connectivity index (χ0n) is 15.7. The van der Waals surface area contributed by atoms with E-state index in [1.165, 1.54) is 5.57 Å². The van der Waals surface area contributed by atoms with E-state index in [-0.39, 0.29) is 5.91 Å². The first-order valence-corrected chi connectivity index (χ1v) is 8.95. The Morgan fingerprint density at radius 3 is 2.48 bits per heavy atom. The summed E-state index contributed by atoms with van der Waals surface area (Å²) in [6.45, 7) is 4.04. The molecule has 0 heterocycles. The van der Waals surface area contributed by atoms with Crippen molar-refractivity contribution in [3.63, 3.8) is 0 Å². The molecule has 0 unspecified atom stereocenters. The fraction of sp³-hybridized carbons (Fsp3) is 0.217. The summed E-state index contributed by atoms with van der Waals surface area (Å²) in [5.41, 5.74) is 4.82. The highest BCUT2D eigenvalue weighted by Gasteiger charge is 2.08. The van der Waals surface area contributed by atoms with E-state index in [1.54, 1.807) is 12.1 Å². The lowest BCUT2D eigenvalue weighted by Gasteiger charge is -2.12. The first-order valence-electron chi connectivity index (χ1n) is 8.95. The molecule has 0 atom stereocenters. The van der Waals surface area contributed by atoms with Crippen LogP contribution >= 0.6 is 0 Å². The molecule has 0 aliphatic carbocycles. The van der Waals surface area contributed by atoms with Crippen LogP contribution in [0.2, 0.25) is 0 Å². The second kappa shape index (κ2) is 10.1. The molecule has 0 saturated carbocycles. The number of amides is 1. The van der Waals surface area contributed by atoms with Gasteiger partial charge in [-0.15, -0.1) is 0 Å². The summed E-state index contributed by atoms with van der Waals surface area (Å²) in [6, 6.07) is 15.5. The van der Waals surface area contributed by atoms with E-state index in [1.807, 2.05) is 56.3 Å². The largest absolute Gasteiger partial charge is 0.478 e. The third-order valence-corrected chi connectivity index (χ3v) is 4.04. The van der Waals surface area contributed by atoms with Crippen molar-refractivity contribution in [1.29, 1.82) is 0 Å². The molecule has 2 rings (SSSR count). The predicted octanol–water partition coefficient (Wildman–Crippen LogP) is 4.86. The van der Waals surface area contributed by atoms with Crippen LogP contribution in [-0.4, -0.2) is 17.0 Å². The van der Waals surface area contributed by atoms with Gasteiger partial charge in [0, 0.05) is 18.2 Å². The zero-order chi connectivity index (χ0) is 19.6. The highest BCUT2D eigenvalue weighted by molar-refractivity contribution is 5.92. The molecule has 0 saturated heterocycles. The zero-order valence-corrected chi connectivity index (χ0v) is 15.7. The fourth-order valence-electron chi connectivity index (χ4n) is 2.60. The SMILES string of the molecule is CC(C)=CCc1cc(/C=C/C(=O)O)ccc1NC(=O)CCc1ccccc1. The number of nitrogens with one attached hydrogen (secondary N) is 1. The molecule has 1 amide bonds. The van der Waals surface area contributed by atoms with Crippen LogP contribution in [-0.2, 0) is 22.4 Å². The third-order valence-electron chi connectivity index (χ3n) is 4.04. The van der Waals surface area contributed by atoms with Gasteiger partial charge < -0.3 is 10.4 Å². The van der Waals surface area contributed by atoms with Gasteiger partial charge >= 0.3 is 5.97 Å². The van der Waals surface area contributed by atoms with Gasteiger partial charge in [0.1, 0.15) is 0 Å². The quantitative estimate of drug-likeness (QED) is 0.520. The van der Waals surface area contributed by atoms with E-state index < -0.39 is 5.97 Å². The normalized spacial score (nSPS) is 10.6. The van der Waals surface area contributed by atoms with Crippen molar-refractivity contribution in [2.24, 2.45) is 0 Å². The maximum atomic E-state index is 12.4. The van der Waals surface area contributed by atoms with Crippen molar-refractivity contribution >= 4 is 23.6 Å². The Bertz CT molecular complexity index is 847. The average Bonchev–Trinajstić information content (AvgIpc) is 2.65. The van der Waals surface area contributed by atoms with Gasteiger partial charge in [-0.2, -0.15) is 0 Å². The van der Waals surface area contributed by atoms with Crippen LogP contribution in [0.3, 0.4) is 0 Å². The van der Waals surface area contributed by atoms with Crippen LogP contribution in [0.4, 0.5) is 5.69 Å². The molecule has 2 N–H and O–H groups in total. The Kier molecular flexibility index (Phi) is 7.56. The van der Waals surface area contributed by atoms with Gasteiger partial charge in [0.15, 0.2) is 0 Å². The number of aliphatic carboxylic acids is 1. The second-order valence-corrected chi connectivity index (χ2v) is 6.61. The molecule has 0 aliphatic rings. The summed E-state index contributed by atoms with van der Waals surface area (Å²) in [4.78, 5) is 23.1. The van der Waals surface area contributed by atoms with E-state index in [0.29, 0.717) is 19.3 Å². The minimum absolute atomic E-state index is 0.0360. The van der Waals surface area contributed by atoms with Crippen molar-refractivity contribution in [2.45, 2.75) is 33.1 Å². The Labute approximate surface area is 160 Å². The molecule has 0 radical (unpaired) electrons. The number of carboxylic acids is 1.